The first kappa shape index (κ1) is 40.6. The number of morpholine rings is 1. The molecule has 0 radical (unpaired) electrons. The summed E-state index contributed by atoms with van der Waals surface area (Å²) in [7, 11) is 0. The van der Waals surface area contributed by atoms with Crippen LogP contribution in [0, 0.1) is 11.8 Å². The number of nitrogens with one attached hydrogen (secondary N) is 4. The van der Waals surface area contributed by atoms with Crippen molar-refractivity contribution >= 4 is 29.4 Å². The molecule has 12 nitrogen and oxygen atoms in total. The highest BCUT2D eigenvalue weighted by Gasteiger charge is 2.50. The molecule has 52 heavy (non-hydrogen) atoms. The number of rotatable bonds is 20. The number of benzene rings is 2. The SMILES string of the molecule is CC(C)C[C@H](NC(=O)[C@H](CCc1ccccc1)NC(=O)CN1CCOCC1)C(=O)N[C@H](Cc1ccccc1)C(=O)N[C@@H](CC(C)C)C(=O)[C@]1(C)CO1. The van der Waals surface area contributed by atoms with E-state index < -0.39 is 47.5 Å². The third-order valence-electron chi connectivity index (χ3n) is 9.38. The molecule has 5 atom stereocenters. The monoisotopic (exact) mass is 719 g/mol. The van der Waals surface area contributed by atoms with Crippen LogP contribution in [0.5, 0.6) is 0 Å². The Morgan fingerprint density at radius 3 is 1.77 bits per heavy atom. The fourth-order valence-corrected chi connectivity index (χ4v) is 6.33. The molecule has 2 aliphatic rings. The van der Waals surface area contributed by atoms with Crippen molar-refractivity contribution in [2.45, 2.75) is 96.5 Å². The molecule has 0 bridgehead atoms. The Morgan fingerprint density at radius 1 is 0.692 bits per heavy atom. The van der Waals surface area contributed by atoms with E-state index in [-0.39, 0.29) is 36.5 Å². The molecule has 0 spiro atoms. The van der Waals surface area contributed by atoms with E-state index in [9.17, 15) is 24.0 Å². The normalized spacial score (nSPS) is 19.6. The van der Waals surface area contributed by atoms with Crippen molar-refractivity contribution < 1.29 is 33.4 Å². The number of ether oxygens (including phenoxy) is 2. The molecule has 12 heteroatoms. The van der Waals surface area contributed by atoms with Gasteiger partial charge in [0.15, 0.2) is 5.78 Å². The predicted octanol–water partition coefficient (Wildman–Crippen LogP) is 2.58. The smallest absolute Gasteiger partial charge is 0.243 e. The van der Waals surface area contributed by atoms with Gasteiger partial charge in [-0.15, -0.1) is 0 Å². The first-order valence-corrected chi connectivity index (χ1v) is 18.6. The highest BCUT2D eigenvalue weighted by atomic mass is 16.6. The van der Waals surface area contributed by atoms with Gasteiger partial charge < -0.3 is 30.7 Å². The second-order valence-corrected chi connectivity index (χ2v) is 15.0. The zero-order valence-electron chi connectivity index (χ0n) is 31.3. The molecule has 2 aliphatic heterocycles. The third-order valence-corrected chi connectivity index (χ3v) is 9.38. The summed E-state index contributed by atoms with van der Waals surface area (Å²) in [4.78, 5) is 70.5. The molecule has 2 heterocycles. The maximum absolute atomic E-state index is 14.1. The molecule has 2 fully saturated rings. The summed E-state index contributed by atoms with van der Waals surface area (Å²) in [6.45, 7) is 12.3. The van der Waals surface area contributed by atoms with Crippen molar-refractivity contribution in [1.82, 2.24) is 26.2 Å². The lowest BCUT2D eigenvalue weighted by atomic mass is 9.93. The average Bonchev–Trinajstić information content (AvgIpc) is 3.87. The number of hydrogen-bond donors (Lipinski definition) is 4. The van der Waals surface area contributed by atoms with Gasteiger partial charge >= 0.3 is 0 Å². The van der Waals surface area contributed by atoms with Gasteiger partial charge in [0, 0.05) is 19.5 Å². The van der Waals surface area contributed by atoms with Crippen LogP contribution in [0.2, 0.25) is 0 Å². The van der Waals surface area contributed by atoms with Crippen molar-refractivity contribution in [3.05, 3.63) is 71.8 Å². The zero-order valence-corrected chi connectivity index (χ0v) is 31.3. The lowest BCUT2D eigenvalue weighted by molar-refractivity contribution is -0.135. The van der Waals surface area contributed by atoms with Crippen LogP contribution in [0.25, 0.3) is 0 Å². The maximum Gasteiger partial charge on any atom is 0.243 e. The molecule has 284 valence electrons. The number of aryl methyl sites for hydroxylation is 1. The number of Topliss-reactive ketones (excluding diaryl/α,β-unsaturated/α-hetero) is 1. The van der Waals surface area contributed by atoms with Crippen LogP contribution in [0.15, 0.2) is 60.7 Å². The quantitative estimate of drug-likeness (QED) is 0.152. The van der Waals surface area contributed by atoms with E-state index in [1.807, 2.05) is 93.3 Å². The van der Waals surface area contributed by atoms with Crippen LogP contribution in [-0.2, 0) is 46.3 Å². The lowest BCUT2D eigenvalue weighted by Crippen LogP contribution is -2.59. The topological polar surface area (TPSA) is 158 Å². The molecule has 0 aromatic heterocycles. The van der Waals surface area contributed by atoms with Gasteiger partial charge in [0.05, 0.1) is 32.4 Å². The minimum Gasteiger partial charge on any atom is -0.379 e. The fraction of sp³-hybridized carbons (Fsp3) is 0.575. The molecule has 0 saturated carbocycles. The van der Waals surface area contributed by atoms with E-state index in [1.54, 1.807) is 6.92 Å². The van der Waals surface area contributed by atoms with E-state index in [4.69, 9.17) is 9.47 Å². The Hall–Kier alpha value is -4.13. The molecule has 2 aromatic rings. The second-order valence-electron chi connectivity index (χ2n) is 15.0. The van der Waals surface area contributed by atoms with Crippen LogP contribution in [0.4, 0.5) is 0 Å². The average molecular weight is 720 g/mol. The van der Waals surface area contributed by atoms with Crippen LogP contribution in [-0.4, -0.2) is 104 Å². The summed E-state index contributed by atoms with van der Waals surface area (Å²) in [6, 6.07) is 15.3. The minimum absolute atomic E-state index is 0.0171. The number of carbonyl (C=O) groups is 5. The van der Waals surface area contributed by atoms with Crippen LogP contribution < -0.4 is 21.3 Å². The molecule has 0 unspecified atom stereocenters. The largest absolute Gasteiger partial charge is 0.379 e. The molecule has 4 rings (SSSR count). The van der Waals surface area contributed by atoms with Gasteiger partial charge in [0.2, 0.25) is 23.6 Å². The number of carbonyl (C=O) groups excluding carboxylic acids is 5. The molecule has 4 N–H and O–H groups in total. The van der Waals surface area contributed by atoms with Gasteiger partial charge in [-0.3, -0.25) is 28.9 Å². The molecular formula is C40H57N5O7. The van der Waals surface area contributed by atoms with E-state index >= 15 is 0 Å². The first-order valence-electron chi connectivity index (χ1n) is 18.6. The summed E-state index contributed by atoms with van der Waals surface area (Å²) in [5.41, 5.74) is 0.915. The van der Waals surface area contributed by atoms with E-state index in [0.29, 0.717) is 58.6 Å². The molecule has 2 aromatic carbocycles. The standard InChI is InChI=1S/C40H57N5O7/c1-27(2)22-32(36(47)40(5)26-52-40)42-39(50)34(24-30-14-10-7-11-15-30)44-38(49)33(23-28(3)4)43-37(48)31(17-16-29-12-8-6-9-13-29)41-35(46)25-45-18-20-51-21-19-45/h6-15,27-28,31-34H,16-26H2,1-5H3,(H,41,46)(H,42,50)(H,43,48)(H,44,49)/t31-,32-,33-,34+,40-/m0/s1. The Morgan fingerprint density at radius 2 is 1.19 bits per heavy atom. The van der Waals surface area contributed by atoms with Crippen LogP contribution in [0.3, 0.4) is 0 Å². The molecule has 0 aliphatic carbocycles. The molecule has 4 amide bonds. The second kappa shape index (κ2) is 19.6. The predicted molar refractivity (Wildman–Crippen MR) is 198 cm³/mol. The highest BCUT2D eigenvalue weighted by Crippen LogP contribution is 2.29. The number of hydrogen-bond acceptors (Lipinski definition) is 8. The fourth-order valence-electron chi connectivity index (χ4n) is 6.33. The maximum atomic E-state index is 14.1. The molecular weight excluding hydrogens is 662 g/mol. The summed E-state index contributed by atoms with van der Waals surface area (Å²) >= 11 is 0. The van der Waals surface area contributed by atoms with Gasteiger partial charge in [-0.25, -0.2) is 0 Å². The summed E-state index contributed by atoms with van der Waals surface area (Å²) < 4.78 is 10.8. The summed E-state index contributed by atoms with van der Waals surface area (Å²) in [6.07, 6.45) is 1.76. The Labute approximate surface area is 308 Å². The van der Waals surface area contributed by atoms with Crippen molar-refractivity contribution in [2.75, 3.05) is 39.5 Å². The number of nitrogens with zero attached hydrogens (tertiary/aromatic N) is 1. The Kier molecular flexibility index (Phi) is 15.3. The lowest BCUT2D eigenvalue weighted by Gasteiger charge is -2.29. The molecule has 2 saturated heterocycles. The number of ketones is 1. The van der Waals surface area contributed by atoms with Gasteiger partial charge in [-0.1, -0.05) is 88.4 Å². The van der Waals surface area contributed by atoms with Gasteiger partial charge in [0.25, 0.3) is 0 Å². The summed E-state index contributed by atoms with van der Waals surface area (Å²) in [5.74, 6) is -1.83. The first-order chi connectivity index (χ1) is 24.8. The highest BCUT2D eigenvalue weighted by molar-refractivity contribution is 5.98. The van der Waals surface area contributed by atoms with Gasteiger partial charge in [-0.05, 0) is 55.6 Å². The van der Waals surface area contributed by atoms with Crippen LogP contribution >= 0.6 is 0 Å². The van der Waals surface area contributed by atoms with E-state index in [2.05, 4.69) is 21.3 Å². The van der Waals surface area contributed by atoms with E-state index in [0.717, 1.165) is 11.1 Å². The van der Waals surface area contributed by atoms with Gasteiger partial charge in [-0.2, -0.15) is 0 Å². The number of epoxide rings is 1. The van der Waals surface area contributed by atoms with Crippen molar-refractivity contribution in [1.29, 1.82) is 0 Å². The summed E-state index contributed by atoms with van der Waals surface area (Å²) in [5, 5.41) is 11.7. The van der Waals surface area contributed by atoms with Crippen molar-refractivity contribution in [2.24, 2.45) is 11.8 Å². The van der Waals surface area contributed by atoms with Crippen molar-refractivity contribution in [3.8, 4) is 0 Å². The minimum atomic E-state index is -1.03. The van der Waals surface area contributed by atoms with Crippen LogP contribution in [0.1, 0.15) is 65.0 Å². The third kappa shape index (κ3) is 13.1. The Balaban J connectivity index is 1.51. The zero-order chi connectivity index (χ0) is 37.7. The number of amides is 4. The van der Waals surface area contributed by atoms with Crippen molar-refractivity contribution in [3.63, 3.8) is 0 Å². The van der Waals surface area contributed by atoms with E-state index in [1.165, 1.54) is 0 Å². The van der Waals surface area contributed by atoms with Gasteiger partial charge in [0.1, 0.15) is 23.7 Å². The Bertz CT molecular complexity index is 1480.